The van der Waals surface area contributed by atoms with Gasteiger partial charge >= 0.3 is 6.03 Å². The van der Waals surface area contributed by atoms with E-state index in [1.807, 2.05) is 54.6 Å². The third-order valence-electron chi connectivity index (χ3n) is 4.81. The molecule has 5 N–H and O–H groups in total. The number of amides is 4. The van der Waals surface area contributed by atoms with Crippen molar-refractivity contribution in [1.29, 1.82) is 5.26 Å². The fourth-order valence-electron chi connectivity index (χ4n) is 3.12. The Morgan fingerprint density at radius 1 is 0.882 bits per heavy atom. The van der Waals surface area contributed by atoms with E-state index in [-0.39, 0.29) is 13.0 Å². The zero-order valence-corrected chi connectivity index (χ0v) is 18.2. The van der Waals surface area contributed by atoms with Crippen LogP contribution < -0.4 is 26.6 Å². The van der Waals surface area contributed by atoms with Gasteiger partial charge in [0.25, 0.3) is 11.8 Å². The molecule has 34 heavy (non-hydrogen) atoms. The first-order valence-corrected chi connectivity index (χ1v) is 10.4. The molecule has 172 valence electrons. The van der Waals surface area contributed by atoms with Gasteiger partial charge < -0.3 is 15.8 Å². The largest absolute Gasteiger partial charge is 0.484 e. The highest BCUT2D eigenvalue weighted by Crippen LogP contribution is 2.22. The highest BCUT2D eigenvalue weighted by Gasteiger charge is 2.20. The number of nitrogens with zero attached hydrogens (tertiary/aromatic N) is 1. The third kappa shape index (κ3) is 7.10. The molecule has 4 amide bonds. The van der Waals surface area contributed by atoms with Crippen LogP contribution in [0.5, 0.6) is 5.75 Å². The number of ether oxygens (including phenoxy) is 1. The lowest BCUT2D eigenvalue weighted by molar-refractivity contribution is -0.130. The average Bonchev–Trinajstić information content (AvgIpc) is 2.86. The first-order chi connectivity index (χ1) is 16.4. The van der Waals surface area contributed by atoms with Gasteiger partial charge in [0.2, 0.25) is 0 Å². The van der Waals surface area contributed by atoms with Crippen LogP contribution in [-0.4, -0.2) is 30.5 Å². The lowest BCUT2D eigenvalue weighted by atomic mass is 10.0. The summed E-state index contributed by atoms with van der Waals surface area (Å²) < 4.78 is 5.45. The number of urea groups is 1. The van der Waals surface area contributed by atoms with Crippen LogP contribution in [0.3, 0.4) is 0 Å². The summed E-state index contributed by atoms with van der Waals surface area (Å²) in [6.45, 7) is -0.330. The molecule has 0 aliphatic heterocycles. The fourth-order valence-corrected chi connectivity index (χ4v) is 3.12. The molecule has 0 aliphatic carbocycles. The van der Waals surface area contributed by atoms with Crippen LogP contribution >= 0.6 is 0 Å². The second-order valence-corrected chi connectivity index (χ2v) is 7.29. The molecule has 0 radical (unpaired) electrons. The standard InChI is InChI=1S/C25H23N5O4/c26-15-18-6-8-19(9-7-18)20-10-12-21(13-11-20)34-16-23(31)29-30-24(32)22(28-25(27)33)14-17-4-2-1-3-5-17/h1-13,22H,14,16H2,(H,29,31)(H,30,32)(H3,27,28,33). The Morgan fingerprint density at radius 3 is 2.09 bits per heavy atom. The maximum absolute atomic E-state index is 12.4. The van der Waals surface area contributed by atoms with Crippen molar-refractivity contribution < 1.29 is 19.1 Å². The summed E-state index contributed by atoms with van der Waals surface area (Å²) in [5.41, 5.74) is 13.0. The number of nitrogens with one attached hydrogen (secondary N) is 3. The van der Waals surface area contributed by atoms with Gasteiger partial charge in [0.05, 0.1) is 11.6 Å². The first-order valence-electron chi connectivity index (χ1n) is 10.4. The van der Waals surface area contributed by atoms with Gasteiger partial charge in [-0.3, -0.25) is 20.4 Å². The predicted octanol–water partition coefficient (Wildman–Crippen LogP) is 2.03. The molecule has 9 nitrogen and oxygen atoms in total. The summed E-state index contributed by atoms with van der Waals surface area (Å²) in [6, 6.07) is 23.6. The number of hydrazine groups is 1. The first kappa shape index (κ1) is 23.8. The zero-order valence-electron chi connectivity index (χ0n) is 18.2. The molecule has 0 aromatic heterocycles. The van der Waals surface area contributed by atoms with E-state index in [1.165, 1.54) is 0 Å². The molecule has 0 heterocycles. The molecule has 0 spiro atoms. The number of nitrogens with two attached hydrogens (primary N) is 1. The fraction of sp³-hybridized carbons (Fsp3) is 0.120. The van der Waals surface area contributed by atoms with Crippen LogP contribution in [0.15, 0.2) is 78.9 Å². The van der Waals surface area contributed by atoms with Crippen molar-refractivity contribution in [1.82, 2.24) is 16.2 Å². The highest BCUT2D eigenvalue weighted by atomic mass is 16.5. The van der Waals surface area contributed by atoms with Crippen LogP contribution in [-0.2, 0) is 16.0 Å². The second kappa shape index (κ2) is 11.7. The van der Waals surface area contributed by atoms with E-state index in [9.17, 15) is 14.4 Å². The van der Waals surface area contributed by atoms with E-state index in [4.69, 9.17) is 15.7 Å². The Balaban J connectivity index is 1.48. The van der Waals surface area contributed by atoms with Crippen LogP contribution in [0.4, 0.5) is 4.79 Å². The minimum atomic E-state index is -0.962. The number of hydrogen-bond donors (Lipinski definition) is 4. The molecule has 1 atom stereocenters. The Kier molecular flexibility index (Phi) is 8.19. The highest BCUT2D eigenvalue weighted by molar-refractivity contribution is 5.88. The normalized spacial score (nSPS) is 10.9. The molecular formula is C25H23N5O4. The lowest BCUT2D eigenvalue weighted by Crippen LogP contribution is -2.54. The number of carbonyl (C=O) groups is 3. The van der Waals surface area contributed by atoms with Crippen LogP contribution in [0, 0.1) is 11.3 Å². The van der Waals surface area contributed by atoms with Crippen molar-refractivity contribution in [3.63, 3.8) is 0 Å². The number of rotatable bonds is 8. The molecule has 0 saturated heterocycles. The van der Waals surface area contributed by atoms with E-state index < -0.39 is 23.9 Å². The lowest BCUT2D eigenvalue weighted by Gasteiger charge is -2.18. The molecule has 3 aromatic carbocycles. The van der Waals surface area contributed by atoms with Gasteiger partial charge in [-0.1, -0.05) is 54.6 Å². The quantitative estimate of drug-likeness (QED) is 0.382. The number of benzene rings is 3. The topological polar surface area (TPSA) is 146 Å². The minimum absolute atomic E-state index is 0.202. The summed E-state index contributed by atoms with van der Waals surface area (Å²) >= 11 is 0. The smallest absolute Gasteiger partial charge is 0.312 e. The van der Waals surface area contributed by atoms with E-state index in [0.717, 1.165) is 16.7 Å². The van der Waals surface area contributed by atoms with Gasteiger partial charge in [-0.15, -0.1) is 0 Å². The van der Waals surface area contributed by atoms with Gasteiger partial charge in [-0.05, 0) is 41.0 Å². The summed E-state index contributed by atoms with van der Waals surface area (Å²) in [4.78, 5) is 35.8. The van der Waals surface area contributed by atoms with E-state index in [2.05, 4.69) is 22.2 Å². The van der Waals surface area contributed by atoms with Crippen LogP contribution in [0.2, 0.25) is 0 Å². The van der Waals surface area contributed by atoms with Gasteiger partial charge in [-0.2, -0.15) is 5.26 Å². The second-order valence-electron chi connectivity index (χ2n) is 7.29. The Hall–Kier alpha value is -4.84. The van der Waals surface area contributed by atoms with Crippen molar-refractivity contribution >= 4 is 17.8 Å². The molecule has 0 bridgehead atoms. The summed E-state index contributed by atoms with van der Waals surface area (Å²) in [7, 11) is 0. The summed E-state index contributed by atoms with van der Waals surface area (Å²) in [5, 5.41) is 11.2. The number of nitriles is 1. The molecule has 0 fully saturated rings. The molecule has 1 unspecified atom stereocenters. The molecule has 0 aliphatic rings. The molecular weight excluding hydrogens is 434 g/mol. The van der Waals surface area contributed by atoms with Crippen molar-refractivity contribution in [3.05, 3.63) is 90.0 Å². The summed E-state index contributed by atoms with van der Waals surface area (Å²) in [6.07, 6.45) is 0.202. The van der Waals surface area contributed by atoms with E-state index in [1.54, 1.807) is 24.3 Å². The maximum Gasteiger partial charge on any atom is 0.312 e. The Bertz CT molecular complexity index is 1170. The SMILES string of the molecule is N#Cc1ccc(-c2ccc(OCC(=O)NNC(=O)C(Cc3ccccc3)NC(N)=O)cc2)cc1. The number of carbonyl (C=O) groups excluding carboxylic acids is 3. The molecule has 0 saturated carbocycles. The van der Waals surface area contributed by atoms with Crippen molar-refractivity contribution in [2.45, 2.75) is 12.5 Å². The molecule has 3 aromatic rings. The average molecular weight is 457 g/mol. The van der Waals surface area contributed by atoms with Crippen molar-refractivity contribution in [2.24, 2.45) is 5.73 Å². The van der Waals surface area contributed by atoms with Gasteiger partial charge in [0.1, 0.15) is 11.8 Å². The third-order valence-corrected chi connectivity index (χ3v) is 4.81. The number of hydrogen-bond acceptors (Lipinski definition) is 5. The van der Waals surface area contributed by atoms with Gasteiger partial charge in [0.15, 0.2) is 6.61 Å². The molecule has 9 heteroatoms. The van der Waals surface area contributed by atoms with E-state index in [0.29, 0.717) is 11.3 Å². The zero-order chi connectivity index (χ0) is 24.3. The monoisotopic (exact) mass is 457 g/mol. The Labute approximate surface area is 196 Å². The van der Waals surface area contributed by atoms with Crippen LogP contribution in [0.25, 0.3) is 11.1 Å². The predicted molar refractivity (Wildman–Crippen MR) is 125 cm³/mol. The number of primary amides is 1. The maximum atomic E-state index is 12.4. The van der Waals surface area contributed by atoms with Crippen LogP contribution in [0.1, 0.15) is 11.1 Å². The van der Waals surface area contributed by atoms with Gasteiger partial charge in [0, 0.05) is 6.42 Å². The van der Waals surface area contributed by atoms with Crippen molar-refractivity contribution in [3.8, 4) is 22.9 Å². The summed E-state index contributed by atoms with van der Waals surface area (Å²) in [5.74, 6) is -0.735. The van der Waals surface area contributed by atoms with E-state index >= 15 is 0 Å². The van der Waals surface area contributed by atoms with Gasteiger partial charge in [-0.25, -0.2) is 4.79 Å². The van der Waals surface area contributed by atoms with Crippen molar-refractivity contribution in [2.75, 3.05) is 6.61 Å². The molecule has 3 rings (SSSR count). The minimum Gasteiger partial charge on any atom is -0.484 e. The Morgan fingerprint density at radius 2 is 1.50 bits per heavy atom.